The van der Waals surface area contributed by atoms with Crippen LogP contribution in [0.1, 0.15) is 20.8 Å². The Hall–Kier alpha value is -0.120. The van der Waals surface area contributed by atoms with E-state index in [4.69, 9.17) is 4.74 Å². The largest absolute Gasteiger partial charge is 0.391 e. The predicted molar refractivity (Wildman–Crippen MR) is 50.2 cm³/mol. The van der Waals surface area contributed by atoms with Crippen LogP contribution in [0.25, 0.3) is 0 Å². The highest BCUT2D eigenvalue weighted by Gasteiger charge is 2.13. The van der Waals surface area contributed by atoms with E-state index >= 15 is 0 Å². The summed E-state index contributed by atoms with van der Waals surface area (Å²) in [6.45, 7) is 7.36. The van der Waals surface area contributed by atoms with Crippen LogP contribution in [0.3, 0.4) is 0 Å². The van der Waals surface area contributed by atoms with Crippen molar-refractivity contribution < 1.29 is 9.84 Å². The minimum absolute atomic E-state index is 0.196. The highest BCUT2D eigenvalue weighted by molar-refractivity contribution is 4.67. The Kier molecular flexibility index (Phi) is 6.34. The summed E-state index contributed by atoms with van der Waals surface area (Å²) in [7, 11) is 1.65. The van der Waals surface area contributed by atoms with Crippen LogP contribution in [0.15, 0.2) is 0 Å². The highest BCUT2D eigenvalue weighted by Crippen LogP contribution is 2.01. The smallest absolute Gasteiger partial charge is 0.0712 e. The minimum atomic E-state index is -0.313. The third kappa shape index (κ3) is 5.52. The van der Waals surface area contributed by atoms with Crippen LogP contribution in [0.4, 0.5) is 0 Å². The molecule has 0 aliphatic rings. The number of methoxy groups -OCH3 is 1. The number of nitrogens with one attached hydrogen (secondary N) is 1. The van der Waals surface area contributed by atoms with Gasteiger partial charge in [-0.15, -0.1) is 0 Å². The molecule has 0 heterocycles. The van der Waals surface area contributed by atoms with Crippen LogP contribution in [-0.2, 0) is 4.74 Å². The predicted octanol–water partition coefficient (Wildman–Crippen LogP) is 0.628. The maximum Gasteiger partial charge on any atom is 0.0712 e. The number of aliphatic hydroxyl groups excluding tert-OH is 1. The van der Waals surface area contributed by atoms with E-state index in [-0.39, 0.29) is 12.0 Å². The summed E-state index contributed by atoms with van der Waals surface area (Å²) in [4.78, 5) is 0. The van der Waals surface area contributed by atoms with Crippen molar-refractivity contribution in [3.63, 3.8) is 0 Å². The van der Waals surface area contributed by atoms with E-state index in [1.54, 1.807) is 7.11 Å². The summed E-state index contributed by atoms with van der Waals surface area (Å²) in [6.07, 6.45) is -0.313. The molecule has 0 aliphatic carbocycles. The molecule has 0 spiro atoms. The van der Waals surface area contributed by atoms with Gasteiger partial charge < -0.3 is 15.2 Å². The Morgan fingerprint density at radius 3 is 2.33 bits per heavy atom. The normalized spacial score (nSPS) is 16.5. The number of rotatable bonds is 6. The fourth-order valence-corrected chi connectivity index (χ4v) is 0.932. The van der Waals surface area contributed by atoms with Gasteiger partial charge in [-0.1, -0.05) is 20.8 Å². The summed E-state index contributed by atoms with van der Waals surface area (Å²) in [5.41, 5.74) is 0. The molecule has 0 amide bonds. The van der Waals surface area contributed by atoms with Crippen molar-refractivity contribution in [3.05, 3.63) is 0 Å². The number of aliphatic hydroxyl groups is 1. The van der Waals surface area contributed by atoms with E-state index in [0.717, 1.165) is 0 Å². The lowest BCUT2D eigenvalue weighted by Gasteiger charge is -2.19. The molecule has 0 rings (SSSR count). The first-order valence-corrected chi connectivity index (χ1v) is 4.48. The van der Waals surface area contributed by atoms with Crippen molar-refractivity contribution in [1.29, 1.82) is 0 Å². The lowest BCUT2D eigenvalue weighted by molar-refractivity contribution is 0.0560. The molecule has 0 aliphatic heterocycles. The summed E-state index contributed by atoms with van der Waals surface area (Å²) in [5.74, 6) is 0.196. The molecule has 0 bridgehead atoms. The maximum absolute atomic E-state index is 9.56. The summed E-state index contributed by atoms with van der Waals surface area (Å²) >= 11 is 0. The van der Waals surface area contributed by atoms with Gasteiger partial charge in [0.2, 0.25) is 0 Å². The molecule has 0 aromatic carbocycles. The van der Waals surface area contributed by atoms with E-state index < -0.39 is 0 Å². The monoisotopic (exact) mass is 175 g/mol. The van der Waals surface area contributed by atoms with Crippen LogP contribution in [0, 0.1) is 5.92 Å². The molecule has 0 saturated heterocycles. The zero-order chi connectivity index (χ0) is 9.56. The van der Waals surface area contributed by atoms with Gasteiger partial charge in [0.05, 0.1) is 12.7 Å². The highest BCUT2D eigenvalue weighted by atomic mass is 16.5. The molecule has 2 atom stereocenters. The molecule has 3 heteroatoms. The van der Waals surface area contributed by atoms with Crippen molar-refractivity contribution in [2.24, 2.45) is 5.92 Å². The molecule has 0 aromatic rings. The molecule has 0 saturated carbocycles. The van der Waals surface area contributed by atoms with Crippen LogP contribution < -0.4 is 5.32 Å². The van der Waals surface area contributed by atoms with Gasteiger partial charge >= 0.3 is 0 Å². The second-order valence-electron chi connectivity index (χ2n) is 3.56. The number of hydrogen-bond acceptors (Lipinski definition) is 3. The van der Waals surface area contributed by atoms with Crippen LogP contribution in [-0.4, -0.2) is 37.5 Å². The average Bonchev–Trinajstić information content (AvgIpc) is 2.00. The van der Waals surface area contributed by atoms with E-state index in [1.165, 1.54) is 0 Å². The Morgan fingerprint density at radius 1 is 1.33 bits per heavy atom. The standard InChI is InChI=1S/C9H21NO2/c1-7(2)10-5-9(11)8(3)6-12-4/h7-11H,5-6H2,1-4H3. The average molecular weight is 175 g/mol. The fraction of sp³-hybridized carbons (Fsp3) is 1.00. The zero-order valence-corrected chi connectivity index (χ0v) is 8.50. The first-order valence-electron chi connectivity index (χ1n) is 4.48. The van der Waals surface area contributed by atoms with Gasteiger partial charge in [-0.25, -0.2) is 0 Å². The van der Waals surface area contributed by atoms with Crippen molar-refractivity contribution in [1.82, 2.24) is 5.32 Å². The SMILES string of the molecule is COCC(C)C(O)CNC(C)C. The van der Waals surface area contributed by atoms with Crippen molar-refractivity contribution in [3.8, 4) is 0 Å². The number of ether oxygens (including phenoxy) is 1. The van der Waals surface area contributed by atoms with Crippen molar-refractivity contribution in [2.45, 2.75) is 32.9 Å². The van der Waals surface area contributed by atoms with Gasteiger partial charge in [0.25, 0.3) is 0 Å². The molecule has 0 fully saturated rings. The quantitative estimate of drug-likeness (QED) is 0.622. The molecule has 74 valence electrons. The van der Waals surface area contributed by atoms with E-state index in [1.807, 2.05) is 6.92 Å². The molecule has 2 unspecified atom stereocenters. The lowest BCUT2D eigenvalue weighted by Crippen LogP contribution is -2.36. The van der Waals surface area contributed by atoms with Gasteiger partial charge in [0, 0.05) is 25.6 Å². The molecular weight excluding hydrogens is 154 g/mol. The van der Waals surface area contributed by atoms with Gasteiger partial charge in [-0.05, 0) is 0 Å². The van der Waals surface area contributed by atoms with Crippen LogP contribution in [0.2, 0.25) is 0 Å². The Balaban J connectivity index is 3.49. The third-order valence-corrected chi connectivity index (χ3v) is 1.82. The summed E-state index contributed by atoms with van der Waals surface area (Å²) < 4.78 is 4.94. The first kappa shape index (κ1) is 11.9. The van der Waals surface area contributed by atoms with Crippen molar-refractivity contribution in [2.75, 3.05) is 20.3 Å². The molecule has 2 N–H and O–H groups in total. The topological polar surface area (TPSA) is 41.5 Å². The van der Waals surface area contributed by atoms with E-state index in [9.17, 15) is 5.11 Å². The maximum atomic E-state index is 9.56. The molecule has 3 nitrogen and oxygen atoms in total. The molecule has 12 heavy (non-hydrogen) atoms. The van der Waals surface area contributed by atoms with Gasteiger partial charge in [-0.2, -0.15) is 0 Å². The third-order valence-electron chi connectivity index (χ3n) is 1.82. The molecule has 0 aromatic heterocycles. The molecule has 0 radical (unpaired) electrons. The Bertz CT molecular complexity index is 107. The van der Waals surface area contributed by atoms with Crippen molar-refractivity contribution >= 4 is 0 Å². The minimum Gasteiger partial charge on any atom is -0.391 e. The van der Waals surface area contributed by atoms with Crippen LogP contribution >= 0.6 is 0 Å². The van der Waals surface area contributed by atoms with E-state index in [2.05, 4.69) is 19.2 Å². The lowest BCUT2D eigenvalue weighted by atomic mass is 10.1. The first-order chi connectivity index (χ1) is 5.57. The fourth-order valence-electron chi connectivity index (χ4n) is 0.932. The van der Waals surface area contributed by atoms with Gasteiger partial charge in [0.15, 0.2) is 0 Å². The summed E-state index contributed by atoms with van der Waals surface area (Å²) in [5, 5.41) is 12.7. The van der Waals surface area contributed by atoms with Gasteiger partial charge in [-0.3, -0.25) is 0 Å². The second-order valence-corrected chi connectivity index (χ2v) is 3.56. The Morgan fingerprint density at radius 2 is 1.92 bits per heavy atom. The zero-order valence-electron chi connectivity index (χ0n) is 8.50. The Labute approximate surface area is 75.1 Å². The second kappa shape index (κ2) is 6.40. The van der Waals surface area contributed by atoms with Gasteiger partial charge in [0.1, 0.15) is 0 Å². The number of hydrogen-bond donors (Lipinski definition) is 2. The van der Waals surface area contributed by atoms with E-state index in [0.29, 0.717) is 19.2 Å². The molecular formula is C9H21NO2. The summed E-state index contributed by atoms with van der Waals surface area (Å²) in [6, 6.07) is 0.425. The van der Waals surface area contributed by atoms with Crippen LogP contribution in [0.5, 0.6) is 0 Å².